The minimum absolute atomic E-state index is 0.125. The predicted molar refractivity (Wildman–Crippen MR) is 85.0 cm³/mol. The molecule has 0 amide bonds. The SMILES string of the molecule is CC(=O)c1cc(N(CC(C)C)CC(C)C)ccc1[N+](=O)[O-]. The Hall–Kier alpha value is -1.91. The highest BCUT2D eigenvalue weighted by Crippen LogP contribution is 2.26. The molecule has 1 rings (SSSR count). The summed E-state index contributed by atoms with van der Waals surface area (Å²) in [6.07, 6.45) is 0. The van der Waals surface area contributed by atoms with Crippen LogP contribution in [0.2, 0.25) is 0 Å². The van der Waals surface area contributed by atoms with Crippen LogP contribution in [0.3, 0.4) is 0 Å². The summed E-state index contributed by atoms with van der Waals surface area (Å²) in [6.45, 7) is 11.6. The standard InChI is InChI=1S/C16H24N2O3/c1-11(2)9-17(10-12(3)4)14-6-7-16(18(20)21)15(8-14)13(5)19/h6-8,11-12H,9-10H2,1-5H3. The van der Waals surface area contributed by atoms with E-state index in [-0.39, 0.29) is 17.0 Å². The number of ketones is 1. The van der Waals surface area contributed by atoms with Crippen LogP contribution in [0.1, 0.15) is 45.0 Å². The van der Waals surface area contributed by atoms with E-state index in [4.69, 9.17) is 0 Å². The van der Waals surface area contributed by atoms with Gasteiger partial charge in [0.25, 0.3) is 5.69 Å². The summed E-state index contributed by atoms with van der Waals surface area (Å²) < 4.78 is 0. The molecule has 0 fully saturated rings. The smallest absolute Gasteiger partial charge is 0.280 e. The average molecular weight is 292 g/mol. The van der Waals surface area contributed by atoms with Gasteiger partial charge in [0.1, 0.15) is 0 Å². The van der Waals surface area contributed by atoms with Crippen molar-refractivity contribution in [2.75, 3.05) is 18.0 Å². The van der Waals surface area contributed by atoms with Gasteiger partial charge < -0.3 is 4.90 Å². The number of benzene rings is 1. The number of nitro benzene ring substituents is 1. The molecule has 116 valence electrons. The van der Waals surface area contributed by atoms with E-state index >= 15 is 0 Å². The van der Waals surface area contributed by atoms with Crippen LogP contribution in [-0.4, -0.2) is 23.8 Å². The molecule has 0 bridgehead atoms. The first-order valence-corrected chi connectivity index (χ1v) is 7.26. The van der Waals surface area contributed by atoms with E-state index in [0.717, 1.165) is 18.8 Å². The van der Waals surface area contributed by atoms with Crippen molar-refractivity contribution >= 4 is 17.2 Å². The molecule has 0 heterocycles. The molecule has 0 saturated heterocycles. The summed E-state index contributed by atoms with van der Waals surface area (Å²) in [5, 5.41) is 11.0. The lowest BCUT2D eigenvalue weighted by Gasteiger charge is -2.28. The number of hydrogen-bond donors (Lipinski definition) is 0. The molecule has 0 saturated carbocycles. The lowest BCUT2D eigenvalue weighted by atomic mass is 10.1. The summed E-state index contributed by atoms with van der Waals surface area (Å²) in [4.78, 5) is 24.4. The Morgan fingerprint density at radius 2 is 1.71 bits per heavy atom. The number of carbonyl (C=O) groups excluding carboxylic acids is 1. The minimum Gasteiger partial charge on any atom is -0.371 e. The van der Waals surface area contributed by atoms with E-state index in [2.05, 4.69) is 32.6 Å². The highest BCUT2D eigenvalue weighted by molar-refractivity contribution is 5.99. The fraction of sp³-hybridized carbons (Fsp3) is 0.562. The molecule has 1 aromatic rings. The van der Waals surface area contributed by atoms with E-state index in [1.807, 2.05) is 0 Å². The zero-order valence-electron chi connectivity index (χ0n) is 13.4. The molecule has 1 aromatic carbocycles. The second-order valence-electron chi connectivity index (χ2n) is 6.21. The van der Waals surface area contributed by atoms with Gasteiger partial charge in [-0.25, -0.2) is 0 Å². The lowest BCUT2D eigenvalue weighted by molar-refractivity contribution is -0.385. The molecule has 0 N–H and O–H groups in total. The molecule has 21 heavy (non-hydrogen) atoms. The first-order valence-electron chi connectivity index (χ1n) is 7.26. The normalized spacial score (nSPS) is 11.0. The Balaban J connectivity index is 3.22. The molecule has 0 aliphatic rings. The van der Waals surface area contributed by atoms with Crippen molar-refractivity contribution in [1.82, 2.24) is 0 Å². The Labute approximate surface area is 126 Å². The summed E-state index contributed by atoms with van der Waals surface area (Å²) in [5.41, 5.74) is 0.920. The largest absolute Gasteiger partial charge is 0.371 e. The molecule has 0 aromatic heterocycles. The monoisotopic (exact) mass is 292 g/mol. The van der Waals surface area contributed by atoms with Crippen LogP contribution in [0.25, 0.3) is 0 Å². The van der Waals surface area contributed by atoms with E-state index in [1.165, 1.54) is 13.0 Å². The van der Waals surface area contributed by atoms with Crippen molar-refractivity contribution in [3.8, 4) is 0 Å². The Morgan fingerprint density at radius 3 is 2.10 bits per heavy atom. The topological polar surface area (TPSA) is 63.5 Å². The first-order chi connectivity index (χ1) is 9.72. The molecule has 5 heteroatoms. The van der Waals surface area contributed by atoms with Gasteiger partial charge in [0.15, 0.2) is 5.78 Å². The number of anilines is 1. The molecule has 0 aliphatic carbocycles. The molecule has 0 radical (unpaired) electrons. The number of carbonyl (C=O) groups is 1. The van der Waals surface area contributed by atoms with Crippen molar-refractivity contribution in [2.24, 2.45) is 11.8 Å². The van der Waals surface area contributed by atoms with E-state index in [0.29, 0.717) is 11.8 Å². The van der Waals surface area contributed by atoms with Gasteiger partial charge in [-0.3, -0.25) is 14.9 Å². The van der Waals surface area contributed by atoms with Gasteiger partial charge in [-0.05, 0) is 30.9 Å². The van der Waals surface area contributed by atoms with Crippen LogP contribution in [0.4, 0.5) is 11.4 Å². The van der Waals surface area contributed by atoms with E-state index < -0.39 is 4.92 Å². The maximum absolute atomic E-state index is 11.7. The van der Waals surface area contributed by atoms with E-state index in [1.54, 1.807) is 12.1 Å². The minimum atomic E-state index is -0.504. The first kappa shape index (κ1) is 17.1. The zero-order valence-corrected chi connectivity index (χ0v) is 13.4. The van der Waals surface area contributed by atoms with Gasteiger partial charge in [0.2, 0.25) is 0 Å². The van der Waals surface area contributed by atoms with Crippen LogP contribution in [0, 0.1) is 22.0 Å². The lowest BCUT2D eigenvalue weighted by Crippen LogP contribution is -2.31. The molecule has 0 atom stereocenters. The molecule has 0 unspecified atom stereocenters. The maximum atomic E-state index is 11.7. The molecular formula is C16H24N2O3. The summed E-state index contributed by atoms with van der Waals surface area (Å²) in [6, 6.07) is 4.81. The second kappa shape index (κ2) is 7.20. The summed E-state index contributed by atoms with van der Waals surface area (Å²) in [5.74, 6) is 0.664. The van der Waals surface area contributed by atoms with Gasteiger partial charge in [-0.1, -0.05) is 27.7 Å². The van der Waals surface area contributed by atoms with Crippen LogP contribution in [0.5, 0.6) is 0 Å². The third-order valence-corrected chi connectivity index (χ3v) is 3.09. The quantitative estimate of drug-likeness (QED) is 0.434. The van der Waals surface area contributed by atoms with Crippen molar-refractivity contribution < 1.29 is 9.72 Å². The number of Topliss-reactive ketones (excluding diaryl/α,β-unsaturated/α-hetero) is 1. The fourth-order valence-corrected chi connectivity index (χ4v) is 2.33. The van der Waals surface area contributed by atoms with Crippen LogP contribution >= 0.6 is 0 Å². The number of rotatable bonds is 7. The number of nitrogens with zero attached hydrogens (tertiary/aromatic N) is 2. The van der Waals surface area contributed by atoms with Gasteiger partial charge in [0.05, 0.1) is 10.5 Å². The fourth-order valence-electron chi connectivity index (χ4n) is 2.33. The van der Waals surface area contributed by atoms with Crippen molar-refractivity contribution in [3.05, 3.63) is 33.9 Å². The van der Waals surface area contributed by atoms with Crippen LogP contribution in [-0.2, 0) is 0 Å². The molecule has 5 nitrogen and oxygen atoms in total. The molecular weight excluding hydrogens is 268 g/mol. The number of nitro groups is 1. The van der Waals surface area contributed by atoms with Crippen LogP contribution < -0.4 is 4.90 Å². The third-order valence-electron chi connectivity index (χ3n) is 3.09. The average Bonchev–Trinajstić information content (AvgIpc) is 2.35. The Morgan fingerprint density at radius 1 is 1.19 bits per heavy atom. The zero-order chi connectivity index (χ0) is 16.2. The summed E-state index contributed by atoms with van der Waals surface area (Å²) >= 11 is 0. The van der Waals surface area contributed by atoms with Gasteiger partial charge in [-0.2, -0.15) is 0 Å². The number of hydrogen-bond acceptors (Lipinski definition) is 4. The van der Waals surface area contributed by atoms with Crippen LogP contribution in [0.15, 0.2) is 18.2 Å². The van der Waals surface area contributed by atoms with Crippen molar-refractivity contribution in [1.29, 1.82) is 0 Å². The highest BCUT2D eigenvalue weighted by Gasteiger charge is 2.20. The Bertz CT molecular complexity index is 514. The van der Waals surface area contributed by atoms with Crippen molar-refractivity contribution in [3.63, 3.8) is 0 Å². The van der Waals surface area contributed by atoms with Gasteiger partial charge >= 0.3 is 0 Å². The maximum Gasteiger partial charge on any atom is 0.280 e. The predicted octanol–water partition coefficient (Wildman–Crippen LogP) is 3.92. The molecule has 0 spiro atoms. The third kappa shape index (κ3) is 4.85. The Kier molecular flexibility index (Phi) is 5.88. The summed E-state index contributed by atoms with van der Waals surface area (Å²) in [7, 11) is 0. The van der Waals surface area contributed by atoms with Crippen molar-refractivity contribution in [2.45, 2.75) is 34.6 Å². The van der Waals surface area contributed by atoms with E-state index in [9.17, 15) is 14.9 Å². The second-order valence-corrected chi connectivity index (χ2v) is 6.21. The van der Waals surface area contributed by atoms with Gasteiger partial charge in [-0.15, -0.1) is 0 Å². The molecule has 0 aliphatic heterocycles. The van der Waals surface area contributed by atoms with Gasteiger partial charge in [0, 0.05) is 24.8 Å². The highest BCUT2D eigenvalue weighted by atomic mass is 16.6.